The Morgan fingerprint density at radius 3 is 2.82 bits per heavy atom. The van der Waals surface area contributed by atoms with Gasteiger partial charge in [0.15, 0.2) is 0 Å². The highest BCUT2D eigenvalue weighted by Crippen LogP contribution is 2.30. The van der Waals surface area contributed by atoms with Crippen LogP contribution in [0.5, 0.6) is 0 Å². The summed E-state index contributed by atoms with van der Waals surface area (Å²) >= 11 is 0. The van der Waals surface area contributed by atoms with Crippen LogP contribution in [0.3, 0.4) is 0 Å². The summed E-state index contributed by atoms with van der Waals surface area (Å²) in [6, 6.07) is 0. The van der Waals surface area contributed by atoms with E-state index in [1.807, 2.05) is 0 Å². The average molecular weight is 239 g/mol. The zero-order chi connectivity index (χ0) is 12.6. The van der Waals surface area contributed by atoms with E-state index in [9.17, 15) is 14.7 Å². The van der Waals surface area contributed by atoms with Crippen LogP contribution in [0, 0.1) is 0 Å². The van der Waals surface area contributed by atoms with E-state index in [-0.39, 0.29) is 11.8 Å². The molecule has 1 amide bonds. The summed E-state index contributed by atoms with van der Waals surface area (Å²) in [6.45, 7) is 1.92. The number of nitrogen functional groups attached to an aromatic ring is 1. The molecule has 1 fully saturated rings. The first-order chi connectivity index (χ1) is 7.95. The van der Waals surface area contributed by atoms with Crippen LogP contribution in [0.15, 0.2) is 0 Å². The third kappa shape index (κ3) is 1.71. The number of nitrogens with zero attached hydrogens (tertiary/aromatic N) is 3. The van der Waals surface area contributed by atoms with Crippen molar-refractivity contribution in [3.8, 4) is 0 Å². The molecule has 1 aromatic rings. The molecule has 2 heterocycles. The zero-order valence-electron chi connectivity index (χ0n) is 9.30. The van der Waals surface area contributed by atoms with Gasteiger partial charge in [-0.25, -0.2) is 4.79 Å². The highest BCUT2D eigenvalue weighted by molar-refractivity contribution is 5.95. The third-order valence-corrected chi connectivity index (χ3v) is 3.05. The molecule has 0 spiro atoms. The number of carboxylic acid groups (broad SMARTS) is 1. The number of rotatable bonds is 2. The van der Waals surface area contributed by atoms with Crippen molar-refractivity contribution >= 4 is 17.8 Å². The predicted octanol–water partition coefficient (Wildman–Crippen LogP) is -0.534. The number of likely N-dealkylation sites (tertiary alicyclic amines) is 1. The number of aromatic amines is 1. The molecule has 0 radical (unpaired) electrons. The van der Waals surface area contributed by atoms with Gasteiger partial charge in [-0.3, -0.25) is 9.89 Å². The molecule has 4 N–H and O–H groups in total. The van der Waals surface area contributed by atoms with Crippen LogP contribution in [0.1, 0.15) is 30.4 Å². The van der Waals surface area contributed by atoms with E-state index >= 15 is 0 Å². The second-order valence-electron chi connectivity index (χ2n) is 4.18. The third-order valence-electron chi connectivity index (χ3n) is 3.05. The summed E-state index contributed by atoms with van der Waals surface area (Å²) in [7, 11) is 0. The van der Waals surface area contributed by atoms with Gasteiger partial charge in [-0.2, -0.15) is 4.98 Å². The largest absolute Gasteiger partial charge is 0.480 e. The van der Waals surface area contributed by atoms with Gasteiger partial charge in [0.2, 0.25) is 11.8 Å². The number of anilines is 1. The fraction of sp³-hybridized carbons (Fsp3) is 0.556. The minimum atomic E-state index is -1.18. The Morgan fingerprint density at radius 2 is 2.29 bits per heavy atom. The molecule has 8 nitrogen and oxygen atoms in total. The topological polar surface area (TPSA) is 125 Å². The van der Waals surface area contributed by atoms with Gasteiger partial charge in [-0.1, -0.05) is 0 Å². The van der Waals surface area contributed by atoms with Crippen LogP contribution >= 0.6 is 0 Å². The summed E-state index contributed by atoms with van der Waals surface area (Å²) in [5.41, 5.74) is 4.12. The molecule has 0 bridgehead atoms. The minimum absolute atomic E-state index is 0.0307. The maximum Gasteiger partial charge on any atom is 0.329 e. The standard InChI is InChI=1S/C9H13N5O3/c1-9(7(16)17)3-2-4-14(9)6(15)5-11-8(10)13-12-5/h2-4H2,1H3,(H,16,17)(H3,10,11,12,13). The highest BCUT2D eigenvalue weighted by atomic mass is 16.4. The van der Waals surface area contributed by atoms with Gasteiger partial charge >= 0.3 is 5.97 Å². The lowest BCUT2D eigenvalue weighted by Crippen LogP contribution is -2.51. The molecule has 1 saturated heterocycles. The number of amides is 1. The van der Waals surface area contributed by atoms with Crippen molar-refractivity contribution in [1.82, 2.24) is 20.1 Å². The van der Waals surface area contributed by atoms with Crippen molar-refractivity contribution in [2.24, 2.45) is 0 Å². The van der Waals surface area contributed by atoms with Crippen LogP contribution in [0.2, 0.25) is 0 Å². The number of carbonyl (C=O) groups excluding carboxylic acids is 1. The summed E-state index contributed by atoms with van der Waals surface area (Å²) in [6.07, 6.45) is 1.08. The second kappa shape index (κ2) is 3.72. The van der Waals surface area contributed by atoms with E-state index in [1.54, 1.807) is 0 Å². The first kappa shape index (κ1) is 11.4. The smallest absolute Gasteiger partial charge is 0.329 e. The lowest BCUT2D eigenvalue weighted by Gasteiger charge is -2.30. The first-order valence-electron chi connectivity index (χ1n) is 5.18. The van der Waals surface area contributed by atoms with Crippen molar-refractivity contribution in [1.29, 1.82) is 0 Å². The molecule has 1 aliphatic heterocycles. The highest BCUT2D eigenvalue weighted by Gasteiger charge is 2.46. The normalized spacial score (nSPS) is 23.9. The Kier molecular flexibility index (Phi) is 2.49. The second-order valence-corrected chi connectivity index (χ2v) is 4.18. The molecule has 17 heavy (non-hydrogen) atoms. The Labute approximate surface area is 96.8 Å². The number of carbonyl (C=O) groups is 2. The SMILES string of the molecule is CC1(C(=O)O)CCCN1C(=O)c1nc(N)n[nH]1. The molecule has 1 aromatic heterocycles. The number of aliphatic carboxylic acids is 1. The minimum Gasteiger partial charge on any atom is -0.480 e. The lowest BCUT2D eigenvalue weighted by atomic mass is 9.99. The summed E-state index contributed by atoms with van der Waals surface area (Å²) in [5, 5.41) is 15.1. The van der Waals surface area contributed by atoms with Crippen molar-refractivity contribution in [3.63, 3.8) is 0 Å². The van der Waals surface area contributed by atoms with E-state index in [0.717, 1.165) is 0 Å². The van der Waals surface area contributed by atoms with Gasteiger partial charge in [0.05, 0.1) is 0 Å². The number of H-pyrrole nitrogens is 1. The van der Waals surface area contributed by atoms with Crippen molar-refractivity contribution in [2.75, 3.05) is 12.3 Å². The molecule has 2 rings (SSSR count). The molecule has 8 heteroatoms. The Bertz CT molecular complexity index is 471. The van der Waals surface area contributed by atoms with Gasteiger partial charge in [0.25, 0.3) is 5.91 Å². The number of hydrogen-bond acceptors (Lipinski definition) is 5. The Morgan fingerprint density at radius 1 is 1.59 bits per heavy atom. The number of aromatic nitrogens is 3. The van der Waals surface area contributed by atoms with Gasteiger partial charge in [-0.15, -0.1) is 5.10 Å². The van der Waals surface area contributed by atoms with Crippen LogP contribution < -0.4 is 5.73 Å². The Balaban J connectivity index is 2.28. The molecule has 0 saturated carbocycles. The molecular weight excluding hydrogens is 226 g/mol. The maximum atomic E-state index is 12.1. The predicted molar refractivity (Wildman–Crippen MR) is 57.1 cm³/mol. The Hall–Kier alpha value is -2.12. The number of hydrogen-bond donors (Lipinski definition) is 3. The van der Waals surface area contributed by atoms with E-state index in [1.165, 1.54) is 11.8 Å². The number of nitrogens with one attached hydrogen (secondary N) is 1. The van der Waals surface area contributed by atoms with E-state index in [4.69, 9.17) is 5.73 Å². The molecule has 92 valence electrons. The average Bonchev–Trinajstić information content (AvgIpc) is 2.85. The summed E-state index contributed by atoms with van der Waals surface area (Å²) in [4.78, 5) is 28.3. The quantitative estimate of drug-likeness (QED) is 0.636. The monoisotopic (exact) mass is 239 g/mol. The first-order valence-corrected chi connectivity index (χ1v) is 5.18. The summed E-state index contributed by atoms with van der Waals surface area (Å²) in [5.74, 6) is -1.58. The summed E-state index contributed by atoms with van der Waals surface area (Å²) < 4.78 is 0. The van der Waals surface area contributed by atoms with Crippen LogP contribution in [0.25, 0.3) is 0 Å². The maximum absolute atomic E-state index is 12.1. The molecule has 1 unspecified atom stereocenters. The van der Waals surface area contributed by atoms with Gasteiger partial charge in [0, 0.05) is 6.54 Å². The lowest BCUT2D eigenvalue weighted by molar-refractivity contribution is -0.147. The fourth-order valence-electron chi connectivity index (χ4n) is 2.01. The van der Waals surface area contributed by atoms with Crippen molar-refractivity contribution in [3.05, 3.63) is 5.82 Å². The zero-order valence-corrected chi connectivity index (χ0v) is 9.30. The van der Waals surface area contributed by atoms with Crippen LogP contribution in [-0.2, 0) is 4.79 Å². The molecular formula is C9H13N5O3. The number of carboxylic acids is 1. The molecule has 1 aliphatic rings. The van der Waals surface area contributed by atoms with Gasteiger partial charge < -0.3 is 15.7 Å². The van der Waals surface area contributed by atoms with Crippen LogP contribution in [0.4, 0.5) is 5.95 Å². The van der Waals surface area contributed by atoms with Gasteiger partial charge in [-0.05, 0) is 19.8 Å². The van der Waals surface area contributed by atoms with E-state index in [2.05, 4.69) is 15.2 Å². The van der Waals surface area contributed by atoms with E-state index < -0.39 is 17.4 Å². The molecule has 0 aliphatic carbocycles. The van der Waals surface area contributed by atoms with E-state index in [0.29, 0.717) is 19.4 Å². The number of nitrogens with two attached hydrogens (primary N) is 1. The van der Waals surface area contributed by atoms with Crippen molar-refractivity contribution in [2.45, 2.75) is 25.3 Å². The molecule has 1 atom stereocenters. The van der Waals surface area contributed by atoms with Crippen LogP contribution in [-0.4, -0.2) is 49.1 Å². The van der Waals surface area contributed by atoms with Crippen molar-refractivity contribution < 1.29 is 14.7 Å². The van der Waals surface area contributed by atoms with Gasteiger partial charge in [0.1, 0.15) is 5.54 Å². The fourth-order valence-corrected chi connectivity index (χ4v) is 2.01. The molecule has 0 aromatic carbocycles.